The zero-order valence-electron chi connectivity index (χ0n) is 20.3. The Hall–Kier alpha value is -4.50. The maximum Gasteiger partial charge on any atom is 0.272 e. The molecule has 1 aromatic heterocycles. The predicted molar refractivity (Wildman–Crippen MR) is 142 cm³/mol. The SMILES string of the molecule is CCOc1ccccc1N1CCN(C(=O)c2c(C#N)ccn2-c2ccccc2-c2ccccc2)CC1. The van der Waals surface area contributed by atoms with E-state index in [1.165, 1.54) is 0 Å². The van der Waals surface area contributed by atoms with E-state index in [9.17, 15) is 10.1 Å². The minimum Gasteiger partial charge on any atom is -0.492 e. The molecule has 1 aliphatic rings. The monoisotopic (exact) mass is 476 g/mol. The molecule has 0 aliphatic carbocycles. The van der Waals surface area contributed by atoms with Crippen LogP contribution in [-0.2, 0) is 0 Å². The number of benzene rings is 3. The third kappa shape index (κ3) is 4.44. The van der Waals surface area contributed by atoms with E-state index >= 15 is 0 Å². The molecule has 0 radical (unpaired) electrons. The highest BCUT2D eigenvalue weighted by Crippen LogP contribution is 2.31. The Morgan fingerprint density at radius 2 is 1.53 bits per heavy atom. The number of para-hydroxylation sites is 3. The van der Waals surface area contributed by atoms with Crippen molar-refractivity contribution in [2.75, 3.05) is 37.7 Å². The topological polar surface area (TPSA) is 61.5 Å². The maximum atomic E-state index is 13.8. The van der Waals surface area contributed by atoms with E-state index in [1.54, 1.807) is 6.07 Å². The Morgan fingerprint density at radius 3 is 2.25 bits per heavy atom. The maximum absolute atomic E-state index is 13.8. The van der Waals surface area contributed by atoms with Crippen LogP contribution in [0.25, 0.3) is 16.8 Å². The lowest BCUT2D eigenvalue weighted by Gasteiger charge is -2.36. The van der Waals surface area contributed by atoms with Crippen LogP contribution in [0.15, 0.2) is 91.1 Å². The summed E-state index contributed by atoms with van der Waals surface area (Å²) in [5, 5.41) is 9.83. The summed E-state index contributed by atoms with van der Waals surface area (Å²) in [7, 11) is 0. The second kappa shape index (κ2) is 10.4. The standard InChI is InChI=1S/C30H28N4O2/c1-2-36-28-15-9-8-14-27(28)32-18-20-33(21-19-32)30(35)29-24(22-31)16-17-34(29)26-13-7-6-12-25(26)23-10-4-3-5-11-23/h3-17H,2,18-21H2,1H3. The lowest BCUT2D eigenvalue weighted by Crippen LogP contribution is -2.49. The lowest BCUT2D eigenvalue weighted by atomic mass is 10.0. The molecule has 0 bridgehead atoms. The van der Waals surface area contributed by atoms with Crippen LogP contribution in [0.4, 0.5) is 5.69 Å². The first kappa shape index (κ1) is 23.3. The normalized spacial score (nSPS) is 13.3. The molecule has 3 aromatic carbocycles. The zero-order chi connectivity index (χ0) is 24.9. The molecule has 1 aliphatic heterocycles. The molecule has 6 heteroatoms. The quantitative estimate of drug-likeness (QED) is 0.375. The number of nitriles is 1. The molecule has 0 unspecified atom stereocenters. The number of anilines is 1. The van der Waals surface area contributed by atoms with E-state index in [4.69, 9.17) is 4.74 Å². The molecule has 0 atom stereocenters. The average Bonchev–Trinajstić information content (AvgIpc) is 3.38. The van der Waals surface area contributed by atoms with E-state index in [0.717, 1.165) is 28.3 Å². The van der Waals surface area contributed by atoms with Crippen molar-refractivity contribution in [3.63, 3.8) is 0 Å². The fourth-order valence-corrected chi connectivity index (χ4v) is 4.78. The van der Waals surface area contributed by atoms with Crippen LogP contribution >= 0.6 is 0 Å². The number of carbonyl (C=O) groups is 1. The van der Waals surface area contributed by atoms with Gasteiger partial charge in [0.25, 0.3) is 5.91 Å². The molecule has 36 heavy (non-hydrogen) atoms. The second-order valence-electron chi connectivity index (χ2n) is 8.62. The Kier molecular flexibility index (Phi) is 6.72. The minimum absolute atomic E-state index is 0.128. The smallest absolute Gasteiger partial charge is 0.272 e. The van der Waals surface area contributed by atoms with E-state index in [2.05, 4.69) is 17.0 Å². The fourth-order valence-electron chi connectivity index (χ4n) is 4.78. The highest BCUT2D eigenvalue weighted by Gasteiger charge is 2.28. The van der Waals surface area contributed by atoms with Gasteiger partial charge in [0, 0.05) is 37.9 Å². The number of ether oxygens (including phenoxy) is 1. The summed E-state index contributed by atoms with van der Waals surface area (Å²) in [6, 6.07) is 30.0. The summed E-state index contributed by atoms with van der Waals surface area (Å²) in [5.41, 5.74) is 4.77. The molecular formula is C30H28N4O2. The first-order valence-electron chi connectivity index (χ1n) is 12.2. The van der Waals surface area contributed by atoms with Crippen molar-refractivity contribution < 1.29 is 9.53 Å². The number of piperazine rings is 1. The van der Waals surface area contributed by atoms with Crippen LogP contribution in [0, 0.1) is 11.3 Å². The van der Waals surface area contributed by atoms with Crippen molar-refractivity contribution in [1.29, 1.82) is 5.26 Å². The summed E-state index contributed by atoms with van der Waals surface area (Å²) >= 11 is 0. The molecule has 5 rings (SSSR count). The molecule has 6 nitrogen and oxygen atoms in total. The van der Waals surface area contributed by atoms with Gasteiger partial charge < -0.3 is 19.1 Å². The van der Waals surface area contributed by atoms with Gasteiger partial charge in [-0.05, 0) is 36.8 Å². The molecule has 0 N–H and O–H groups in total. The van der Waals surface area contributed by atoms with Crippen LogP contribution in [0.1, 0.15) is 23.0 Å². The van der Waals surface area contributed by atoms with Crippen LogP contribution in [0.5, 0.6) is 5.75 Å². The number of carbonyl (C=O) groups excluding carboxylic acids is 1. The van der Waals surface area contributed by atoms with Crippen molar-refractivity contribution in [3.8, 4) is 28.6 Å². The Bertz CT molecular complexity index is 1400. The molecule has 180 valence electrons. The van der Waals surface area contributed by atoms with Gasteiger partial charge in [0.05, 0.1) is 23.5 Å². The third-order valence-electron chi connectivity index (χ3n) is 6.53. The number of hydrogen-bond acceptors (Lipinski definition) is 4. The van der Waals surface area contributed by atoms with Crippen molar-refractivity contribution >= 4 is 11.6 Å². The number of hydrogen-bond donors (Lipinski definition) is 0. The van der Waals surface area contributed by atoms with Crippen molar-refractivity contribution in [2.45, 2.75) is 6.92 Å². The predicted octanol–water partition coefficient (Wildman–Crippen LogP) is 5.38. The van der Waals surface area contributed by atoms with Gasteiger partial charge >= 0.3 is 0 Å². The summed E-state index contributed by atoms with van der Waals surface area (Å²) in [6.45, 7) is 5.10. The summed E-state index contributed by atoms with van der Waals surface area (Å²) in [5.74, 6) is 0.732. The van der Waals surface area contributed by atoms with Gasteiger partial charge in [0.2, 0.25) is 0 Å². The second-order valence-corrected chi connectivity index (χ2v) is 8.62. The Morgan fingerprint density at radius 1 is 0.861 bits per heavy atom. The van der Waals surface area contributed by atoms with Crippen molar-refractivity contribution in [2.24, 2.45) is 0 Å². The highest BCUT2D eigenvalue weighted by atomic mass is 16.5. The van der Waals surface area contributed by atoms with Gasteiger partial charge in [-0.1, -0.05) is 60.7 Å². The van der Waals surface area contributed by atoms with E-state index in [0.29, 0.717) is 44.0 Å². The fraction of sp³-hybridized carbons (Fsp3) is 0.200. The van der Waals surface area contributed by atoms with Crippen molar-refractivity contribution in [1.82, 2.24) is 9.47 Å². The van der Waals surface area contributed by atoms with Gasteiger partial charge in [-0.25, -0.2) is 0 Å². The molecule has 1 fully saturated rings. The number of amides is 1. The first-order valence-corrected chi connectivity index (χ1v) is 12.2. The third-order valence-corrected chi connectivity index (χ3v) is 6.53. The van der Waals surface area contributed by atoms with Gasteiger partial charge in [-0.2, -0.15) is 5.26 Å². The molecule has 2 heterocycles. The molecule has 0 saturated carbocycles. The lowest BCUT2D eigenvalue weighted by molar-refractivity contribution is 0.0738. The molecule has 1 saturated heterocycles. The van der Waals surface area contributed by atoms with E-state index in [1.807, 2.05) is 95.4 Å². The Balaban J connectivity index is 1.43. The summed E-state index contributed by atoms with van der Waals surface area (Å²) < 4.78 is 7.67. The van der Waals surface area contributed by atoms with Gasteiger partial charge in [0.15, 0.2) is 0 Å². The van der Waals surface area contributed by atoms with Gasteiger partial charge in [0.1, 0.15) is 17.5 Å². The minimum atomic E-state index is -0.128. The average molecular weight is 477 g/mol. The largest absolute Gasteiger partial charge is 0.492 e. The van der Waals surface area contributed by atoms with E-state index in [-0.39, 0.29) is 5.91 Å². The van der Waals surface area contributed by atoms with Crippen LogP contribution in [-0.4, -0.2) is 48.2 Å². The van der Waals surface area contributed by atoms with Crippen LogP contribution < -0.4 is 9.64 Å². The number of aromatic nitrogens is 1. The molecule has 0 spiro atoms. The van der Waals surface area contributed by atoms with E-state index < -0.39 is 0 Å². The summed E-state index contributed by atoms with van der Waals surface area (Å²) in [6.07, 6.45) is 1.82. The molecular weight excluding hydrogens is 448 g/mol. The van der Waals surface area contributed by atoms with Crippen LogP contribution in [0.3, 0.4) is 0 Å². The first-order chi connectivity index (χ1) is 17.7. The highest BCUT2D eigenvalue weighted by molar-refractivity contribution is 5.96. The number of rotatable bonds is 6. The Labute approximate surface area is 211 Å². The summed E-state index contributed by atoms with van der Waals surface area (Å²) in [4.78, 5) is 17.9. The number of nitrogens with zero attached hydrogens (tertiary/aromatic N) is 4. The van der Waals surface area contributed by atoms with Gasteiger partial charge in [-0.3, -0.25) is 4.79 Å². The molecule has 4 aromatic rings. The van der Waals surface area contributed by atoms with Crippen LogP contribution in [0.2, 0.25) is 0 Å². The molecule has 1 amide bonds. The van der Waals surface area contributed by atoms with Gasteiger partial charge in [-0.15, -0.1) is 0 Å². The van der Waals surface area contributed by atoms with Crippen molar-refractivity contribution in [3.05, 3.63) is 102 Å². The zero-order valence-corrected chi connectivity index (χ0v) is 20.3.